The summed E-state index contributed by atoms with van der Waals surface area (Å²) in [6, 6.07) is 8.98. The Kier molecular flexibility index (Phi) is 2.90. The summed E-state index contributed by atoms with van der Waals surface area (Å²) in [5.41, 5.74) is 3.19. The third-order valence-corrected chi connectivity index (χ3v) is 3.56. The number of aryl methyl sites for hydroxylation is 1. The minimum absolute atomic E-state index is 0.834. The van der Waals surface area contributed by atoms with Gasteiger partial charge in [0.1, 0.15) is 0 Å². The van der Waals surface area contributed by atoms with Crippen molar-refractivity contribution in [1.82, 2.24) is 0 Å². The fourth-order valence-electron chi connectivity index (χ4n) is 2.51. The van der Waals surface area contributed by atoms with Crippen LogP contribution in [0.3, 0.4) is 0 Å². The third-order valence-electron chi connectivity index (χ3n) is 3.56. The molecule has 1 aliphatic carbocycles. The molecule has 1 aliphatic rings. The normalized spacial score (nSPS) is 21.8. The van der Waals surface area contributed by atoms with E-state index in [-0.39, 0.29) is 0 Å². The summed E-state index contributed by atoms with van der Waals surface area (Å²) in [4.78, 5) is 0. The van der Waals surface area contributed by atoms with Crippen molar-refractivity contribution in [3.8, 4) is 0 Å². The molecule has 0 spiro atoms. The molecule has 0 nitrogen and oxygen atoms in total. The van der Waals surface area contributed by atoms with Gasteiger partial charge < -0.3 is 0 Å². The van der Waals surface area contributed by atoms with E-state index < -0.39 is 0 Å². The number of hydrogen-bond acceptors (Lipinski definition) is 0. The van der Waals surface area contributed by atoms with Gasteiger partial charge in [-0.25, -0.2) is 0 Å². The van der Waals surface area contributed by atoms with Crippen molar-refractivity contribution in [2.24, 2.45) is 11.8 Å². The van der Waals surface area contributed by atoms with Gasteiger partial charge in [0.25, 0.3) is 0 Å². The quantitative estimate of drug-likeness (QED) is 0.587. The highest BCUT2D eigenvalue weighted by Crippen LogP contribution is 2.28. The molecule has 0 saturated heterocycles. The monoisotopic (exact) mass is 188 g/mol. The van der Waals surface area contributed by atoms with Crippen LogP contribution in [-0.2, 0) is 12.8 Å². The molecule has 76 valence electrons. The molecule has 14 heavy (non-hydrogen) atoms. The molecule has 0 fully saturated rings. The van der Waals surface area contributed by atoms with E-state index in [1.165, 1.54) is 25.7 Å². The second-order valence-electron chi connectivity index (χ2n) is 4.87. The molecule has 0 radical (unpaired) electrons. The molecule has 0 heteroatoms. The Bertz CT molecular complexity index is 299. The molecule has 0 bridgehead atoms. The van der Waals surface area contributed by atoms with Crippen molar-refractivity contribution >= 4 is 0 Å². The molecule has 1 aromatic carbocycles. The van der Waals surface area contributed by atoms with Gasteiger partial charge in [-0.15, -0.1) is 0 Å². The third kappa shape index (κ3) is 2.00. The lowest BCUT2D eigenvalue weighted by molar-refractivity contribution is 0.357. The summed E-state index contributed by atoms with van der Waals surface area (Å²) < 4.78 is 0. The topological polar surface area (TPSA) is 0 Å². The van der Waals surface area contributed by atoms with Crippen LogP contribution < -0.4 is 0 Å². The Labute approximate surface area is 87.3 Å². The predicted octanol–water partition coefficient (Wildman–Crippen LogP) is 3.84. The number of hydrogen-bond donors (Lipinski definition) is 0. The molecule has 0 N–H and O–H groups in total. The SMILES string of the molecule is CC(C)C1CCCc2ccccc2C1. The van der Waals surface area contributed by atoms with Gasteiger partial charge in [-0.05, 0) is 48.6 Å². The van der Waals surface area contributed by atoms with Gasteiger partial charge in [-0.3, -0.25) is 0 Å². The first kappa shape index (κ1) is 9.76. The van der Waals surface area contributed by atoms with Crippen LogP contribution in [0, 0.1) is 11.8 Å². The van der Waals surface area contributed by atoms with Crippen molar-refractivity contribution < 1.29 is 0 Å². The maximum atomic E-state index is 2.36. The Morgan fingerprint density at radius 2 is 1.86 bits per heavy atom. The van der Waals surface area contributed by atoms with Crippen LogP contribution in [0.25, 0.3) is 0 Å². The van der Waals surface area contributed by atoms with E-state index in [0.29, 0.717) is 0 Å². The Hall–Kier alpha value is -0.780. The van der Waals surface area contributed by atoms with Crippen LogP contribution in [0.2, 0.25) is 0 Å². The van der Waals surface area contributed by atoms with Crippen molar-refractivity contribution in [3.05, 3.63) is 35.4 Å². The fourth-order valence-corrected chi connectivity index (χ4v) is 2.51. The van der Waals surface area contributed by atoms with Gasteiger partial charge in [-0.1, -0.05) is 38.1 Å². The van der Waals surface area contributed by atoms with Gasteiger partial charge in [0.2, 0.25) is 0 Å². The molecular weight excluding hydrogens is 168 g/mol. The first-order valence-electron chi connectivity index (χ1n) is 5.84. The largest absolute Gasteiger partial charge is 0.0625 e. The summed E-state index contributed by atoms with van der Waals surface area (Å²) in [5.74, 6) is 1.74. The highest BCUT2D eigenvalue weighted by atomic mass is 14.2. The minimum Gasteiger partial charge on any atom is -0.0625 e. The summed E-state index contributed by atoms with van der Waals surface area (Å²) >= 11 is 0. The van der Waals surface area contributed by atoms with Gasteiger partial charge in [0, 0.05) is 0 Å². The van der Waals surface area contributed by atoms with Crippen LogP contribution in [0.4, 0.5) is 0 Å². The Morgan fingerprint density at radius 1 is 1.14 bits per heavy atom. The van der Waals surface area contributed by atoms with Crippen LogP contribution in [-0.4, -0.2) is 0 Å². The Balaban J connectivity index is 2.22. The van der Waals surface area contributed by atoms with E-state index in [0.717, 1.165) is 11.8 Å². The molecule has 1 unspecified atom stereocenters. The summed E-state index contributed by atoms with van der Waals surface area (Å²) in [6.07, 6.45) is 5.37. The van der Waals surface area contributed by atoms with Crippen molar-refractivity contribution in [2.75, 3.05) is 0 Å². The molecule has 0 aliphatic heterocycles. The van der Waals surface area contributed by atoms with Crippen LogP contribution in [0.1, 0.15) is 37.8 Å². The maximum Gasteiger partial charge on any atom is -0.0245 e. The molecule has 1 aromatic rings. The van der Waals surface area contributed by atoms with E-state index in [2.05, 4.69) is 38.1 Å². The molecule has 0 saturated carbocycles. The zero-order valence-corrected chi connectivity index (χ0v) is 9.29. The average Bonchev–Trinajstić information content (AvgIpc) is 2.39. The summed E-state index contributed by atoms with van der Waals surface area (Å²) in [6.45, 7) is 4.72. The van der Waals surface area contributed by atoms with Crippen LogP contribution >= 0.6 is 0 Å². The van der Waals surface area contributed by atoms with Crippen LogP contribution in [0.5, 0.6) is 0 Å². The van der Waals surface area contributed by atoms with Crippen molar-refractivity contribution in [1.29, 1.82) is 0 Å². The molecule has 0 aromatic heterocycles. The van der Waals surface area contributed by atoms with E-state index in [1.807, 2.05) is 0 Å². The molecule has 0 heterocycles. The van der Waals surface area contributed by atoms with E-state index >= 15 is 0 Å². The number of rotatable bonds is 1. The van der Waals surface area contributed by atoms with E-state index in [9.17, 15) is 0 Å². The van der Waals surface area contributed by atoms with E-state index in [4.69, 9.17) is 0 Å². The van der Waals surface area contributed by atoms with Gasteiger partial charge >= 0.3 is 0 Å². The lowest BCUT2D eigenvalue weighted by Gasteiger charge is -2.18. The van der Waals surface area contributed by atoms with Gasteiger partial charge in [0.15, 0.2) is 0 Å². The predicted molar refractivity (Wildman–Crippen MR) is 61.4 cm³/mol. The van der Waals surface area contributed by atoms with Gasteiger partial charge in [-0.2, -0.15) is 0 Å². The van der Waals surface area contributed by atoms with Crippen LogP contribution in [0.15, 0.2) is 24.3 Å². The van der Waals surface area contributed by atoms with E-state index in [1.54, 1.807) is 11.1 Å². The fraction of sp³-hybridized carbons (Fsp3) is 0.571. The Morgan fingerprint density at radius 3 is 2.57 bits per heavy atom. The summed E-state index contributed by atoms with van der Waals surface area (Å²) in [7, 11) is 0. The lowest BCUT2D eigenvalue weighted by Crippen LogP contribution is -2.10. The highest BCUT2D eigenvalue weighted by molar-refractivity contribution is 5.28. The maximum absolute atomic E-state index is 2.36. The molecule has 0 amide bonds. The summed E-state index contributed by atoms with van der Waals surface area (Å²) in [5, 5.41) is 0. The zero-order chi connectivity index (χ0) is 9.97. The first-order valence-corrected chi connectivity index (χ1v) is 5.84. The second kappa shape index (κ2) is 4.16. The first-order chi connectivity index (χ1) is 6.77. The lowest BCUT2D eigenvalue weighted by atomic mass is 9.87. The van der Waals surface area contributed by atoms with Crippen molar-refractivity contribution in [3.63, 3.8) is 0 Å². The minimum atomic E-state index is 0.834. The molecule has 1 atom stereocenters. The number of fused-ring (bicyclic) bond motifs is 1. The second-order valence-corrected chi connectivity index (χ2v) is 4.87. The van der Waals surface area contributed by atoms with Crippen molar-refractivity contribution in [2.45, 2.75) is 39.5 Å². The smallest absolute Gasteiger partial charge is 0.0245 e. The molecule has 2 rings (SSSR count). The average molecular weight is 188 g/mol. The molecular formula is C14H20. The standard InChI is InChI=1S/C14H20/c1-11(2)13-9-5-8-12-6-3-4-7-14(12)10-13/h3-4,6-7,11,13H,5,8-10H2,1-2H3. The van der Waals surface area contributed by atoms with Gasteiger partial charge in [0.05, 0.1) is 0 Å². The zero-order valence-electron chi connectivity index (χ0n) is 9.29. The number of benzene rings is 1. The highest BCUT2D eigenvalue weighted by Gasteiger charge is 2.18.